The molecule has 2 saturated heterocycles. The van der Waals surface area contributed by atoms with E-state index in [0.29, 0.717) is 12.6 Å². The molecule has 2 aromatic carbocycles. The number of rotatable bonds is 6. The second-order valence-corrected chi connectivity index (χ2v) is 12.0. The molecular weight excluding hydrogens is 516 g/mol. The molecule has 2 atom stereocenters. The van der Waals surface area contributed by atoms with Crippen molar-refractivity contribution in [3.63, 3.8) is 0 Å². The van der Waals surface area contributed by atoms with Crippen molar-refractivity contribution in [1.82, 2.24) is 29.7 Å². The number of nitrogens with zero attached hydrogens (tertiary/aromatic N) is 4. The monoisotopic (exact) mass is 554 g/mol. The van der Waals surface area contributed by atoms with Crippen molar-refractivity contribution in [3.8, 4) is 34.0 Å². The van der Waals surface area contributed by atoms with Crippen LogP contribution in [0.3, 0.4) is 0 Å². The fourth-order valence-electron chi connectivity index (χ4n) is 5.69. The summed E-state index contributed by atoms with van der Waals surface area (Å²) in [4.78, 5) is 33.0. The summed E-state index contributed by atoms with van der Waals surface area (Å²) in [6.45, 7) is 7.44. The number of ether oxygens (including phenoxy) is 2. The Hall–Kier alpha value is -4.11. The molecule has 0 spiro atoms. The van der Waals surface area contributed by atoms with E-state index < -0.39 is 5.60 Å². The van der Waals surface area contributed by atoms with Gasteiger partial charge in [0, 0.05) is 6.54 Å². The lowest BCUT2D eigenvalue weighted by Gasteiger charge is -2.27. The van der Waals surface area contributed by atoms with Crippen LogP contribution in [-0.4, -0.2) is 61.6 Å². The predicted octanol–water partition coefficient (Wildman–Crippen LogP) is 7.10. The minimum Gasteiger partial charge on any atom is -0.457 e. The highest BCUT2D eigenvalue weighted by Crippen LogP contribution is 2.34. The molecule has 2 aliphatic rings. The summed E-state index contributed by atoms with van der Waals surface area (Å²) in [6, 6.07) is 16.2. The Bertz CT molecular complexity index is 1480. The molecule has 2 aliphatic heterocycles. The number of likely N-dealkylation sites (tertiary alicyclic amines) is 2. The number of nitrogens with one attached hydrogen (secondary N) is 2. The van der Waals surface area contributed by atoms with E-state index in [1.165, 1.54) is 6.42 Å². The predicted molar refractivity (Wildman–Crippen MR) is 158 cm³/mol. The Morgan fingerprint density at radius 2 is 1.32 bits per heavy atom. The number of aromatic nitrogens is 4. The molecule has 41 heavy (non-hydrogen) atoms. The van der Waals surface area contributed by atoms with Crippen LogP contribution in [0.15, 0.2) is 60.9 Å². The van der Waals surface area contributed by atoms with E-state index in [1.807, 2.05) is 69.6 Å². The van der Waals surface area contributed by atoms with Crippen LogP contribution in [-0.2, 0) is 4.74 Å². The number of aromatic amines is 2. The Labute approximate surface area is 240 Å². The minimum absolute atomic E-state index is 0.110. The third-order valence-electron chi connectivity index (χ3n) is 7.79. The van der Waals surface area contributed by atoms with Crippen molar-refractivity contribution in [2.75, 3.05) is 20.1 Å². The summed E-state index contributed by atoms with van der Waals surface area (Å²) < 4.78 is 11.7. The molecule has 2 N–H and O–H groups in total. The fraction of sp³-hybridized carbons (Fsp3) is 0.406. The summed E-state index contributed by atoms with van der Waals surface area (Å²) in [7, 11) is 2.16. The first-order chi connectivity index (χ1) is 19.7. The third-order valence-corrected chi connectivity index (χ3v) is 7.79. The van der Waals surface area contributed by atoms with Gasteiger partial charge in [-0.15, -0.1) is 0 Å². The Morgan fingerprint density at radius 3 is 1.83 bits per heavy atom. The molecule has 0 bridgehead atoms. The van der Waals surface area contributed by atoms with Gasteiger partial charge in [-0.1, -0.05) is 0 Å². The summed E-state index contributed by atoms with van der Waals surface area (Å²) in [5, 5.41) is 0. The van der Waals surface area contributed by atoms with Gasteiger partial charge in [-0.25, -0.2) is 14.8 Å². The van der Waals surface area contributed by atoms with Crippen molar-refractivity contribution in [2.45, 2.75) is 64.1 Å². The number of imidazole rings is 2. The summed E-state index contributed by atoms with van der Waals surface area (Å²) in [5.74, 6) is 3.34. The Morgan fingerprint density at radius 1 is 0.805 bits per heavy atom. The van der Waals surface area contributed by atoms with Gasteiger partial charge in [0.1, 0.15) is 28.7 Å². The molecule has 4 aromatic rings. The lowest BCUT2D eigenvalue weighted by molar-refractivity contribution is 0.0218. The molecule has 0 radical (unpaired) electrons. The number of hydrogen-bond donors (Lipinski definition) is 2. The van der Waals surface area contributed by atoms with Crippen LogP contribution in [0.2, 0.25) is 0 Å². The van der Waals surface area contributed by atoms with Crippen molar-refractivity contribution < 1.29 is 14.3 Å². The number of carbonyl (C=O) groups excluding carboxylic acids is 1. The van der Waals surface area contributed by atoms with Crippen LogP contribution >= 0.6 is 0 Å². The first-order valence-corrected chi connectivity index (χ1v) is 14.4. The molecule has 2 unspecified atom stereocenters. The average molecular weight is 555 g/mol. The van der Waals surface area contributed by atoms with E-state index in [4.69, 9.17) is 9.47 Å². The zero-order valence-corrected chi connectivity index (χ0v) is 24.2. The molecule has 0 aliphatic carbocycles. The SMILES string of the molecule is CN1CCCC1c1ncc(-c2ccc(Oc3ccc(-c4cnc(C5CCCN5C(=O)OC(C)(C)C)[nH]4)cc3)cc2)[nH]1. The van der Waals surface area contributed by atoms with E-state index in [2.05, 4.69) is 44.0 Å². The number of benzene rings is 2. The van der Waals surface area contributed by atoms with E-state index in [0.717, 1.165) is 71.5 Å². The summed E-state index contributed by atoms with van der Waals surface area (Å²) >= 11 is 0. The second kappa shape index (κ2) is 11.0. The van der Waals surface area contributed by atoms with Crippen LogP contribution in [0.25, 0.3) is 22.5 Å². The molecule has 214 valence electrons. The van der Waals surface area contributed by atoms with E-state index in [1.54, 1.807) is 4.90 Å². The molecule has 4 heterocycles. The molecule has 2 fully saturated rings. The summed E-state index contributed by atoms with van der Waals surface area (Å²) in [5.41, 5.74) is 3.46. The summed E-state index contributed by atoms with van der Waals surface area (Å²) in [6.07, 6.45) is 7.58. The zero-order chi connectivity index (χ0) is 28.6. The first kappa shape index (κ1) is 27.1. The maximum atomic E-state index is 12.7. The van der Waals surface area contributed by atoms with Crippen molar-refractivity contribution in [3.05, 3.63) is 72.6 Å². The van der Waals surface area contributed by atoms with Crippen molar-refractivity contribution >= 4 is 6.09 Å². The van der Waals surface area contributed by atoms with Gasteiger partial charge in [-0.05, 0) is 120 Å². The van der Waals surface area contributed by atoms with Gasteiger partial charge in [0.15, 0.2) is 0 Å². The van der Waals surface area contributed by atoms with Gasteiger partial charge in [0.05, 0.1) is 35.9 Å². The lowest BCUT2D eigenvalue weighted by atomic mass is 10.1. The standard InChI is InChI=1S/C32H38N6O3/c1-32(2,3)41-31(39)38-18-6-8-28(38)30-34-20-26(36-30)22-11-15-24(16-12-22)40-23-13-9-21(10-14-23)25-19-33-29(35-25)27-7-5-17-37(27)4/h9-16,19-20,27-28H,5-8,17-18H2,1-4H3,(H,33,35)(H,34,36). The van der Waals surface area contributed by atoms with Crippen molar-refractivity contribution in [2.24, 2.45) is 0 Å². The molecule has 9 heteroatoms. The van der Waals surface area contributed by atoms with Gasteiger partial charge in [-0.2, -0.15) is 0 Å². The van der Waals surface area contributed by atoms with Gasteiger partial charge in [-0.3, -0.25) is 9.80 Å². The number of amides is 1. The van der Waals surface area contributed by atoms with Crippen molar-refractivity contribution in [1.29, 1.82) is 0 Å². The smallest absolute Gasteiger partial charge is 0.410 e. The van der Waals surface area contributed by atoms with Crippen LogP contribution in [0.1, 0.15) is 70.2 Å². The fourth-order valence-corrected chi connectivity index (χ4v) is 5.69. The molecule has 2 aromatic heterocycles. The van der Waals surface area contributed by atoms with E-state index >= 15 is 0 Å². The van der Waals surface area contributed by atoms with Crippen LogP contribution in [0, 0.1) is 0 Å². The molecule has 1 amide bonds. The molecular formula is C32H38N6O3. The Balaban J connectivity index is 1.08. The molecule has 6 rings (SSSR count). The first-order valence-electron chi connectivity index (χ1n) is 14.4. The van der Waals surface area contributed by atoms with E-state index in [-0.39, 0.29) is 12.1 Å². The van der Waals surface area contributed by atoms with Gasteiger partial charge in [0.2, 0.25) is 0 Å². The normalized spacial score (nSPS) is 19.6. The zero-order valence-electron chi connectivity index (χ0n) is 24.2. The number of hydrogen-bond acceptors (Lipinski definition) is 6. The van der Waals surface area contributed by atoms with Gasteiger partial charge < -0.3 is 19.4 Å². The average Bonchev–Trinajstić information content (AvgIpc) is 3.75. The minimum atomic E-state index is -0.527. The largest absolute Gasteiger partial charge is 0.457 e. The van der Waals surface area contributed by atoms with Gasteiger partial charge >= 0.3 is 6.09 Å². The van der Waals surface area contributed by atoms with Crippen LogP contribution < -0.4 is 4.74 Å². The van der Waals surface area contributed by atoms with Crippen LogP contribution in [0.5, 0.6) is 11.5 Å². The quantitative estimate of drug-likeness (QED) is 0.264. The number of H-pyrrole nitrogens is 2. The highest BCUT2D eigenvalue weighted by atomic mass is 16.6. The maximum absolute atomic E-state index is 12.7. The topological polar surface area (TPSA) is 99.4 Å². The number of carbonyl (C=O) groups is 1. The van der Waals surface area contributed by atoms with Crippen LogP contribution in [0.4, 0.5) is 4.79 Å². The highest BCUT2D eigenvalue weighted by molar-refractivity contribution is 5.69. The molecule has 0 saturated carbocycles. The Kier molecular flexibility index (Phi) is 7.30. The maximum Gasteiger partial charge on any atom is 0.410 e. The lowest BCUT2D eigenvalue weighted by Crippen LogP contribution is -2.36. The van der Waals surface area contributed by atoms with Gasteiger partial charge in [0.25, 0.3) is 0 Å². The second-order valence-electron chi connectivity index (χ2n) is 12.0. The third kappa shape index (κ3) is 6.00. The highest BCUT2D eigenvalue weighted by Gasteiger charge is 2.35. The molecule has 9 nitrogen and oxygen atoms in total. The van der Waals surface area contributed by atoms with E-state index in [9.17, 15) is 4.79 Å².